The van der Waals surface area contributed by atoms with E-state index in [0.29, 0.717) is 6.42 Å². The van der Waals surface area contributed by atoms with E-state index in [4.69, 9.17) is 0 Å². The van der Waals surface area contributed by atoms with Crippen LogP contribution in [0, 0.1) is 13.8 Å². The molecule has 2 N–H and O–H groups in total. The minimum Gasteiger partial charge on any atom is -0.507 e. The Bertz CT molecular complexity index is 1050. The zero-order valence-electron chi connectivity index (χ0n) is 16.7. The van der Waals surface area contributed by atoms with Crippen molar-refractivity contribution in [3.63, 3.8) is 0 Å². The molecule has 4 rings (SSSR count). The normalized spacial score (nSPS) is 10.8. The number of hydrogen-bond acceptors (Lipinski definition) is 2. The second-order valence-corrected chi connectivity index (χ2v) is 7.55. The Kier molecular flexibility index (Phi) is 5.09. The maximum atomic E-state index is 11.0. The first-order chi connectivity index (χ1) is 14.0. The Morgan fingerprint density at radius 1 is 0.552 bits per heavy atom. The van der Waals surface area contributed by atoms with Crippen LogP contribution in [0.3, 0.4) is 0 Å². The van der Waals surface area contributed by atoms with Gasteiger partial charge < -0.3 is 10.2 Å². The molecule has 0 saturated carbocycles. The molecule has 0 radical (unpaired) electrons. The van der Waals surface area contributed by atoms with Gasteiger partial charge in [-0.1, -0.05) is 72.8 Å². The summed E-state index contributed by atoms with van der Waals surface area (Å²) in [5.74, 6) is 0.535. The van der Waals surface area contributed by atoms with E-state index in [9.17, 15) is 10.2 Å². The van der Waals surface area contributed by atoms with E-state index in [0.717, 1.165) is 44.5 Å². The van der Waals surface area contributed by atoms with Crippen LogP contribution in [0.4, 0.5) is 0 Å². The molecule has 144 valence electrons. The molecule has 0 unspecified atom stereocenters. The summed E-state index contributed by atoms with van der Waals surface area (Å²) in [4.78, 5) is 0. The van der Waals surface area contributed by atoms with Crippen LogP contribution in [-0.4, -0.2) is 10.2 Å². The van der Waals surface area contributed by atoms with Crippen LogP contribution in [0.25, 0.3) is 22.3 Å². The molecule has 0 saturated heterocycles. The van der Waals surface area contributed by atoms with E-state index in [1.807, 2.05) is 98.8 Å². The number of phenolic OH excluding ortho intramolecular Hbond substituents is 2. The molecule has 4 aromatic rings. The minimum atomic E-state index is 0.268. The highest BCUT2D eigenvalue weighted by Gasteiger charge is 2.15. The Balaban J connectivity index is 1.79. The van der Waals surface area contributed by atoms with Gasteiger partial charge in [-0.2, -0.15) is 0 Å². The lowest BCUT2D eigenvalue weighted by Gasteiger charge is -2.15. The molecule has 4 aromatic carbocycles. The summed E-state index contributed by atoms with van der Waals surface area (Å²) in [6.45, 7) is 4.06. The van der Waals surface area contributed by atoms with Gasteiger partial charge in [0.1, 0.15) is 11.5 Å². The van der Waals surface area contributed by atoms with Crippen LogP contribution < -0.4 is 0 Å². The second kappa shape index (κ2) is 7.84. The van der Waals surface area contributed by atoms with Crippen molar-refractivity contribution in [3.8, 4) is 33.8 Å². The molecule has 0 aliphatic carbocycles. The van der Waals surface area contributed by atoms with Gasteiger partial charge in [-0.3, -0.25) is 0 Å². The van der Waals surface area contributed by atoms with Crippen LogP contribution >= 0.6 is 0 Å². The lowest BCUT2D eigenvalue weighted by atomic mass is 9.92. The molecule has 0 aromatic heterocycles. The molecule has 2 heteroatoms. The number of rotatable bonds is 4. The minimum absolute atomic E-state index is 0.268. The quantitative estimate of drug-likeness (QED) is 0.417. The van der Waals surface area contributed by atoms with Crippen LogP contribution in [-0.2, 0) is 6.42 Å². The molecule has 0 atom stereocenters. The van der Waals surface area contributed by atoms with E-state index in [1.165, 1.54) is 0 Å². The van der Waals surface area contributed by atoms with Crippen molar-refractivity contribution < 1.29 is 10.2 Å². The number of benzene rings is 4. The van der Waals surface area contributed by atoms with Crippen molar-refractivity contribution in [3.05, 3.63) is 107 Å². The number of aryl methyl sites for hydroxylation is 2. The summed E-state index contributed by atoms with van der Waals surface area (Å²) in [6, 6.07) is 27.8. The van der Waals surface area contributed by atoms with Crippen LogP contribution in [0.5, 0.6) is 11.5 Å². The van der Waals surface area contributed by atoms with Crippen LogP contribution in [0.2, 0.25) is 0 Å². The van der Waals surface area contributed by atoms with Gasteiger partial charge in [-0.15, -0.1) is 0 Å². The van der Waals surface area contributed by atoms with Gasteiger partial charge in [-0.05, 0) is 59.4 Å². The molecular formula is C27H24O2. The molecule has 0 fully saturated rings. The van der Waals surface area contributed by atoms with Crippen molar-refractivity contribution in [1.29, 1.82) is 0 Å². The van der Waals surface area contributed by atoms with Gasteiger partial charge in [0.15, 0.2) is 0 Å². The monoisotopic (exact) mass is 380 g/mol. The fourth-order valence-corrected chi connectivity index (χ4v) is 3.86. The van der Waals surface area contributed by atoms with Gasteiger partial charge in [0.25, 0.3) is 0 Å². The third-order valence-electron chi connectivity index (χ3n) is 5.22. The molecular weight excluding hydrogens is 356 g/mol. The van der Waals surface area contributed by atoms with Crippen molar-refractivity contribution in [2.45, 2.75) is 20.3 Å². The highest BCUT2D eigenvalue weighted by Crippen LogP contribution is 2.38. The molecule has 0 amide bonds. The largest absolute Gasteiger partial charge is 0.507 e. The van der Waals surface area contributed by atoms with Crippen LogP contribution in [0.1, 0.15) is 22.3 Å². The van der Waals surface area contributed by atoms with Gasteiger partial charge in [0.2, 0.25) is 0 Å². The summed E-state index contributed by atoms with van der Waals surface area (Å²) in [7, 11) is 0. The first-order valence-corrected chi connectivity index (χ1v) is 9.79. The maximum absolute atomic E-state index is 11.0. The standard InChI is InChI=1S/C27H24O2/c1-18-13-22(26(28)24(15-18)20-9-5-3-6-10-20)17-23-14-19(2)16-25(27(23)29)21-11-7-4-8-12-21/h3-16,28-29H,17H2,1-2H3. The van der Waals surface area contributed by atoms with E-state index < -0.39 is 0 Å². The second-order valence-electron chi connectivity index (χ2n) is 7.55. The molecule has 0 spiro atoms. The number of phenols is 2. The third kappa shape index (κ3) is 3.88. The SMILES string of the molecule is Cc1cc(Cc2cc(C)cc(-c3ccccc3)c2O)c(O)c(-c2ccccc2)c1. The highest BCUT2D eigenvalue weighted by atomic mass is 16.3. The van der Waals surface area contributed by atoms with E-state index in [1.54, 1.807) is 0 Å². The third-order valence-corrected chi connectivity index (χ3v) is 5.22. The van der Waals surface area contributed by atoms with Gasteiger partial charge in [-0.25, -0.2) is 0 Å². The first-order valence-electron chi connectivity index (χ1n) is 9.79. The first kappa shape index (κ1) is 18.8. The smallest absolute Gasteiger partial charge is 0.126 e. The lowest BCUT2D eigenvalue weighted by Crippen LogP contribution is -1.95. The maximum Gasteiger partial charge on any atom is 0.126 e. The lowest BCUT2D eigenvalue weighted by molar-refractivity contribution is 0.465. The summed E-state index contributed by atoms with van der Waals surface area (Å²) in [5, 5.41) is 22.0. The molecule has 0 bridgehead atoms. The van der Waals surface area contributed by atoms with E-state index >= 15 is 0 Å². The summed E-state index contributed by atoms with van der Waals surface area (Å²) >= 11 is 0. The number of aromatic hydroxyl groups is 2. The summed E-state index contributed by atoms with van der Waals surface area (Å²) < 4.78 is 0. The predicted octanol–water partition coefficient (Wildman–Crippen LogP) is 6.64. The van der Waals surface area contributed by atoms with Crippen molar-refractivity contribution in [1.82, 2.24) is 0 Å². The predicted molar refractivity (Wildman–Crippen MR) is 119 cm³/mol. The van der Waals surface area contributed by atoms with E-state index in [2.05, 4.69) is 0 Å². The topological polar surface area (TPSA) is 40.5 Å². The molecule has 2 nitrogen and oxygen atoms in total. The van der Waals surface area contributed by atoms with Crippen LogP contribution in [0.15, 0.2) is 84.9 Å². The molecule has 0 heterocycles. The fourth-order valence-electron chi connectivity index (χ4n) is 3.86. The molecule has 29 heavy (non-hydrogen) atoms. The summed E-state index contributed by atoms with van der Waals surface area (Å²) in [6.07, 6.45) is 0.459. The van der Waals surface area contributed by atoms with Gasteiger partial charge in [0.05, 0.1) is 0 Å². The van der Waals surface area contributed by atoms with Gasteiger partial charge in [0, 0.05) is 17.5 Å². The van der Waals surface area contributed by atoms with Gasteiger partial charge >= 0.3 is 0 Å². The van der Waals surface area contributed by atoms with E-state index in [-0.39, 0.29) is 11.5 Å². The molecule has 0 aliphatic heterocycles. The Hall–Kier alpha value is -3.52. The van der Waals surface area contributed by atoms with Crippen molar-refractivity contribution in [2.24, 2.45) is 0 Å². The van der Waals surface area contributed by atoms with Crippen molar-refractivity contribution in [2.75, 3.05) is 0 Å². The Labute approximate surface area is 171 Å². The Morgan fingerprint density at radius 2 is 0.931 bits per heavy atom. The molecule has 0 aliphatic rings. The van der Waals surface area contributed by atoms with Crippen molar-refractivity contribution >= 4 is 0 Å². The highest BCUT2D eigenvalue weighted by molar-refractivity contribution is 5.75. The zero-order chi connectivity index (χ0) is 20.4. The Morgan fingerprint density at radius 3 is 1.31 bits per heavy atom. The average Bonchev–Trinajstić information content (AvgIpc) is 2.74. The average molecular weight is 380 g/mol. The number of hydrogen-bond donors (Lipinski definition) is 2. The fraction of sp³-hybridized carbons (Fsp3) is 0.111. The zero-order valence-corrected chi connectivity index (χ0v) is 16.7. The summed E-state index contributed by atoms with van der Waals surface area (Å²) in [5.41, 5.74) is 7.36.